The molecular formula is C19H26N2O2. The number of ether oxygens (including phenoxy) is 1. The van der Waals surface area contributed by atoms with E-state index in [1.807, 2.05) is 31.1 Å². The van der Waals surface area contributed by atoms with E-state index in [1.54, 1.807) is 0 Å². The molecule has 4 nitrogen and oxygen atoms in total. The molecule has 4 heteroatoms. The maximum Gasteiger partial charge on any atom is 0.322 e. The third-order valence-electron chi connectivity index (χ3n) is 4.24. The molecule has 0 amide bonds. The normalized spacial score (nSPS) is 24.0. The molecule has 1 saturated heterocycles. The van der Waals surface area contributed by atoms with Gasteiger partial charge in [-0.25, -0.2) is 0 Å². The first-order valence-electron chi connectivity index (χ1n) is 8.08. The SMILES string of the molecule is COC(=O)[C@@H]1CC[C@H](C)[C@@H](c2ccc(C#CCN(C)C)cc2)N1. The topological polar surface area (TPSA) is 41.6 Å². The highest BCUT2D eigenvalue weighted by atomic mass is 16.5. The van der Waals surface area contributed by atoms with Crippen molar-refractivity contribution in [2.24, 2.45) is 5.92 Å². The van der Waals surface area contributed by atoms with Gasteiger partial charge in [-0.05, 0) is 50.6 Å². The molecule has 1 heterocycles. The second kappa shape index (κ2) is 8.14. The number of benzene rings is 1. The molecule has 1 aromatic rings. The van der Waals surface area contributed by atoms with Gasteiger partial charge in [-0.1, -0.05) is 30.9 Å². The van der Waals surface area contributed by atoms with Gasteiger partial charge in [0, 0.05) is 11.6 Å². The molecule has 0 spiro atoms. The van der Waals surface area contributed by atoms with Crippen LogP contribution in [0.4, 0.5) is 0 Å². The van der Waals surface area contributed by atoms with Gasteiger partial charge in [0.05, 0.1) is 13.7 Å². The largest absolute Gasteiger partial charge is 0.468 e. The summed E-state index contributed by atoms with van der Waals surface area (Å²) in [5.74, 6) is 6.62. The minimum Gasteiger partial charge on any atom is -0.468 e. The highest BCUT2D eigenvalue weighted by Gasteiger charge is 2.32. The van der Waals surface area contributed by atoms with E-state index in [4.69, 9.17) is 4.74 Å². The Bertz CT molecular complexity index is 584. The monoisotopic (exact) mass is 314 g/mol. The summed E-state index contributed by atoms with van der Waals surface area (Å²) in [7, 11) is 5.45. The summed E-state index contributed by atoms with van der Waals surface area (Å²) < 4.78 is 4.87. The zero-order valence-electron chi connectivity index (χ0n) is 14.4. The standard InChI is InChI=1S/C19H26N2O2/c1-14-7-12-17(19(22)23-4)20-18(14)16-10-8-15(9-11-16)6-5-13-21(2)3/h8-11,14,17-18,20H,7,12-13H2,1-4H3/t14-,17-,18-/m0/s1. The minimum absolute atomic E-state index is 0.173. The number of piperidine rings is 1. The Morgan fingerprint density at radius 2 is 2.00 bits per heavy atom. The van der Waals surface area contributed by atoms with Gasteiger partial charge in [-0.2, -0.15) is 0 Å². The predicted molar refractivity (Wildman–Crippen MR) is 92.0 cm³/mol. The second-order valence-corrected chi connectivity index (χ2v) is 6.44. The van der Waals surface area contributed by atoms with Crippen molar-refractivity contribution in [1.29, 1.82) is 0 Å². The molecule has 1 aromatic carbocycles. The van der Waals surface area contributed by atoms with E-state index in [1.165, 1.54) is 12.7 Å². The van der Waals surface area contributed by atoms with Crippen molar-refractivity contribution in [3.63, 3.8) is 0 Å². The van der Waals surface area contributed by atoms with Crippen LogP contribution in [-0.4, -0.2) is 44.7 Å². The first-order valence-corrected chi connectivity index (χ1v) is 8.08. The summed E-state index contributed by atoms with van der Waals surface area (Å²) >= 11 is 0. The van der Waals surface area contributed by atoms with E-state index in [-0.39, 0.29) is 18.1 Å². The number of esters is 1. The third kappa shape index (κ3) is 4.82. The lowest BCUT2D eigenvalue weighted by Crippen LogP contribution is -2.46. The Morgan fingerprint density at radius 3 is 2.61 bits per heavy atom. The Hall–Kier alpha value is -1.83. The highest BCUT2D eigenvalue weighted by molar-refractivity contribution is 5.75. The van der Waals surface area contributed by atoms with Crippen LogP contribution in [0.2, 0.25) is 0 Å². The third-order valence-corrected chi connectivity index (χ3v) is 4.24. The lowest BCUT2D eigenvalue weighted by molar-refractivity contribution is -0.144. The van der Waals surface area contributed by atoms with Crippen LogP contribution in [0.3, 0.4) is 0 Å². The zero-order valence-corrected chi connectivity index (χ0v) is 14.4. The van der Waals surface area contributed by atoms with E-state index >= 15 is 0 Å². The van der Waals surface area contributed by atoms with Gasteiger partial charge in [-0.15, -0.1) is 0 Å². The molecular weight excluding hydrogens is 288 g/mol. The number of carbonyl (C=O) groups excluding carboxylic acids is 1. The summed E-state index contributed by atoms with van der Waals surface area (Å²) in [6.07, 6.45) is 1.85. The van der Waals surface area contributed by atoms with Gasteiger partial charge in [-0.3, -0.25) is 15.0 Å². The van der Waals surface area contributed by atoms with Crippen LogP contribution in [0.25, 0.3) is 0 Å². The summed E-state index contributed by atoms with van der Waals surface area (Å²) in [6.45, 7) is 2.97. The average Bonchev–Trinajstić information content (AvgIpc) is 2.55. The highest BCUT2D eigenvalue weighted by Crippen LogP contribution is 2.31. The average molecular weight is 314 g/mol. The Labute approximate surface area is 139 Å². The van der Waals surface area contributed by atoms with Crippen molar-refractivity contribution < 1.29 is 9.53 Å². The van der Waals surface area contributed by atoms with E-state index < -0.39 is 0 Å². The molecule has 0 unspecified atom stereocenters. The molecule has 1 fully saturated rings. The van der Waals surface area contributed by atoms with Crippen molar-refractivity contribution in [1.82, 2.24) is 10.2 Å². The van der Waals surface area contributed by atoms with Gasteiger partial charge < -0.3 is 4.74 Å². The van der Waals surface area contributed by atoms with E-state index in [9.17, 15) is 4.79 Å². The summed E-state index contributed by atoms with van der Waals surface area (Å²) in [4.78, 5) is 13.8. The Kier molecular flexibility index (Phi) is 6.20. The van der Waals surface area contributed by atoms with E-state index in [0.29, 0.717) is 5.92 Å². The van der Waals surface area contributed by atoms with Crippen LogP contribution in [0, 0.1) is 17.8 Å². The summed E-state index contributed by atoms with van der Waals surface area (Å²) in [5.41, 5.74) is 2.22. The molecule has 0 bridgehead atoms. The van der Waals surface area contributed by atoms with Crippen LogP contribution >= 0.6 is 0 Å². The lowest BCUT2D eigenvalue weighted by atomic mass is 9.84. The van der Waals surface area contributed by atoms with Crippen LogP contribution < -0.4 is 5.32 Å². The number of hydrogen-bond donors (Lipinski definition) is 1. The van der Waals surface area contributed by atoms with Gasteiger partial charge in [0.15, 0.2) is 0 Å². The molecule has 0 radical (unpaired) electrons. The van der Waals surface area contributed by atoms with Crippen molar-refractivity contribution in [3.05, 3.63) is 35.4 Å². The molecule has 1 N–H and O–H groups in total. The molecule has 2 rings (SSSR count). The number of hydrogen-bond acceptors (Lipinski definition) is 4. The molecule has 1 aliphatic rings. The van der Waals surface area contributed by atoms with Crippen LogP contribution in [0.15, 0.2) is 24.3 Å². The fraction of sp³-hybridized carbons (Fsp3) is 0.526. The maximum atomic E-state index is 11.8. The number of rotatable bonds is 3. The maximum absolute atomic E-state index is 11.8. The number of nitrogens with one attached hydrogen (secondary N) is 1. The molecule has 0 aliphatic carbocycles. The van der Waals surface area contributed by atoms with Crippen molar-refractivity contribution >= 4 is 5.97 Å². The summed E-state index contributed by atoms with van der Waals surface area (Å²) in [5, 5.41) is 3.43. The van der Waals surface area contributed by atoms with Crippen molar-refractivity contribution in [3.8, 4) is 11.8 Å². The van der Waals surface area contributed by atoms with Crippen molar-refractivity contribution in [2.45, 2.75) is 31.8 Å². The van der Waals surface area contributed by atoms with Gasteiger partial charge in [0.2, 0.25) is 0 Å². The number of methoxy groups -OCH3 is 1. The van der Waals surface area contributed by atoms with Gasteiger partial charge in [0.25, 0.3) is 0 Å². The lowest BCUT2D eigenvalue weighted by Gasteiger charge is -2.34. The molecule has 3 atom stereocenters. The van der Waals surface area contributed by atoms with Gasteiger partial charge in [0.1, 0.15) is 6.04 Å². The molecule has 0 saturated carbocycles. The fourth-order valence-electron chi connectivity index (χ4n) is 2.89. The molecule has 23 heavy (non-hydrogen) atoms. The smallest absolute Gasteiger partial charge is 0.322 e. The van der Waals surface area contributed by atoms with E-state index in [0.717, 1.165) is 24.9 Å². The number of nitrogens with zero attached hydrogens (tertiary/aromatic N) is 1. The first kappa shape index (κ1) is 17.5. The van der Waals surface area contributed by atoms with Crippen molar-refractivity contribution in [2.75, 3.05) is 27.7 Å². The Morgan fingerprint density at radius 1 is 1.30 bits per heavy atom. The van der Waals surface area contributed by atoms with Crippen LogP contribution in [-0.2, 0) is 9.53 Å². The zero-order chi connectivity index (χ0) is 16.8. The van der Waals surface area contributed by atoms with Crippen LogP contribution in [0.1, 0.15) is 36.9 Å². The first-order chi connectivity index (χ1) is 11.0. The summed E-state index contributed by atoms with van der Waals surface area (Å²) in [6, 6.07) is 8.28. The molecule has 1 aliphatic heterocycles. The fourth-order valence-corrected chi connectivity index (χ4v) is 2.89. The predicted octanol–water partition coefficient (Wildman–Crippen LogP) is 2.20. The molecule has 124 valence electrons. The van der Waals surface area contributed by atoms with Gasteiger partial charge >= 0.3 is 5.97 Å². The number of carbonyl (C=O) groups is 1. The quantitative estimate of drug-likeness (QED) is 0.686. The van der Waals surface area contributed by atoms with E-state index in [2.05, 4.69) is 36.2 Å². The second-order valence-electron chi connectivity index (χ2n) is 6.44. The minimum atomic E-state index is -0.208. The van der Waals surface area contributed by atoms with Crippen LogP contribution in [0.5, 0.6) is 0 Å². The Balaban J connectivity index is 2.07. The molecule has 0 aromatic heterocycles.